The smallest absolute Gasteiger partial charge is 0.142 e. The van der Waals surface area contributed by atoms with Crippen molar-refractivity contribution in [2.75, 3.05) is 0 Å². The predicted octanol–water partition coefficient (Wildman–Crippen LogP) is 2.82. The van der Waals surface area contributed by atoms with Crippen molar-refractivity contribution >= 4 is 21.4 Å². The highest BCUT2D eigenvalue weighted by atomic mass is 32.1. The largest absolute Gasteiger partial charge is 0.324 e. The van der Waals surface area contributed by atoms with E-state index in [1.807, 2.05) is 18.2 Å². The number of hydrogen-bond acceptors (Lipinski definition) is 4. The van der Waals surface area contributed by atoms with Crippen molar-refractivity contribution in [3.8, 4) is 11.3 Å². The quantitative estimate of drug-likeness (QED) is 0.750. The van der Waals surface area contributed by atoms with Gasteiger partial charge in [-0.1, -0.05) is 18.2 Å². The first-order valence-corrected chi connectivity index (χ1v) is 6.25. The molecular formula is C13H11N3S. The number of rotatable bonds is 2. The average molecular weight is 241 g/mol. The van der Waals surface area contributed by atoms with Crippen LogP contribution in [0.1, 0.15) is 5.82 Å². The molecule has 0 aliphatic heterocycles. The minimum absolute atomic E-state index is 0.371. The van der Waals surface area contributed by atoms with Crippen molar-refractivity contribution in [3.63, 3.8) is 0 Å². The van der Waals surface area contributed by atoms with Crippen molar-refractivity contribution in [2.45, 2.75) is 6.54 Å². The van der Waals surface area contributed by atoms with E-state index in [9.17, 15) is 0 Å². The lowest BCUT2D eigenvalue weighted by Crippen LogP contribution is -2.02. The molecule has 0 spiro atoms. The van der Waals surface area contributed by atoms with Crippen molar-refractivity contribution in [1.29, 1.82) is 0 Å². The van der Waals surface area contributed by atoms with Gasteiger partial charge < -0.3 is 5.73 Å². The van der Waals surface area contributed by atoms with E-state index in [2.05, 4.69) is 27.5 Å². The maximum atomic E-state index is 5.56. The van der Waals surface area contributed by atoms with Crippen LogP contribution in [0.15, 0.2) is 41.9 Å². The van der Waals surface area contributed by atoms with Crippen LogP contribution in [0.3, 0.4) is 0 Å². The molecule has 0 atom stereocenters. The van der Waals surface area contributed by atoms with Gasteiger partial charge in [0.2, 0.25) is 0 Å². The molecule has 0 radical (unpaired) electrons. The molecule has 1 aromatic carbocycles. The van der Waals surface area contributed by atoms with Gasteiger partial charge in [-0.25, -0.2) is 9.97 Å². The van der Waals surface area contributed by atoms with E-state index in [0.29, 0.717) is 12.4 Å². The number of thiophene rings is 1. The van der Waals surface area contributed by atoms with Crippen molar-refractivity contribution in [2.24, 2.45) is 5.73 Å². The van der Waals surface area contributed by atoms with Gasteiger partial charge in [0, 0.05) is 27.2 Å². The molecule has 2 N–H and O–H groups in total. The molecule has 0 bridgehead atoms. The third-order valence-corrected chi connectivity index (χ3v) is 3.61. The lowest BCUT2D eigenvalue weighted by Gasteiger charge is -2.00. The van der Waals surface area contributed by atoms with E-state index in [0.717, 1.165) is 11.3 Å². The van der Waals surface area contributed by atoms with Crippen LogP contribution in [0.5, 0.6) is 0 Å². The normalized spacial score (nSPS) is 10.9. The lowest BCUT2D eigenvalue weighted by atomic mass is 10.1. The van der Waals surface area contributed by atoms with Gasteiger partial charge in [0.1, 0.15) is 5.82 Å². The van der Waals surface area contributed by atoms with Crippen molar-refractivity contribution < 1.29 is 0 Å². The molecule has 3 aromatic rings. The molecule has 4 heteroatoms. The van der Waals surface area contributed by atoms with Crippen molar-refractivity contribution in [1.82, 2.24) is 9.97 Å². The number of benzene rings is 1. The maximum absolute atomic E-state index is 5.56. The fraction of sp³-hybridized carbons (Fsp3) is 0.0769. The summed E-state index contributed by atoms with van der Waals surface area (Å²) in [6.45, 7) is 0.371. The Morgan fingerprint density at radius 2 is 2.06 bits per heavy atom. The highest BCUT2D eigenvalue weighted by molar-refractivity contribution is 7.17. The van der Waals surface area contributed by atoms with Gasteiger partial charge in [-0.05, 0) is 12.1 Å². The fourth-order valence-electron chi connectivity index (χ4n) is 1.82. The Kier molecular flexibility index (Phi) is 2.59. The molecule has 0 aliphatic carbocycles. The molecule has 84 valence electrons. The summed E-state index contributed by atoms with van der Waals surface area (Å²) < 4.78 is 1.27. The summed E-state index contributed by atoms with van der Waals surface area (Å²) in [6.07, 6.45) is 1.76. The molecule has 3 rings (SSSR count). The summed E-state index contributed by atoms with van der Waals surface area (Å²) in [6, 6.07) is 10.3. The Labute approximate surface area is 103 Å². The van der Waals surface area contributed by atoms with Crippen molar-refractivity contribution in [3.05, 3.63) is 47.7 Å². The summed E-state index contributed by atoms with van der Waals surface area (Å²) in [5.74, 6) is 0.679. The Hall–Kier alpha value is -1.78. The lowest BCUT2D eigenvalue weighted by molar-refractivity contribution is 0.912. The third-order valence-electron chi connectivity index (χ3n) is 2.64. The highest BCUT2D eigenvalue weighted by Crippen LogP contribution is 2.32. The number of nitrogens with zero attached hydrogens (tertiary/aromatic N) is 2. The molecule has 0 aliphatic rings. The van der Waals surface area contributed by atoms with Crippen LogP contribution in [-0.2, 0) is 6.54 Å². The van der Waals surface area contributed by atoms with Gasteiger partial charge in [0.05, 0.1) is 12.2 Å². The Bertz CT molecular complexity index is 660. The molecular weight excluding hydrogens is 230 g/mol. The molecule has 0 saturated heterocycles. The summed E-state index contributed by atoms with van der Waals surface area (Å²) in [4.78, 5) is 8.57. The minimum atomic E-state index is 0.371. The van der Waals surface area contributed by atoms with Gasteiger partial charge >= 0.3 is 0 Å². The summed E-state index contributed by atoms with van der Waals surface area (Å²) in [5, 5.41) is 3.37. The van der Waals surface area contributed by atoms with Crippen LogP contribution in [0.4, 0.5) is 0 Å². The number of aromatic nitrogens is 2. The molecule has 0 saturated carbocycles. The first-order chi connectivity index (χ1) is 8.38. The number of fused-ring (bicyclic) bond motifs is 1. The van der Waals surface area contributed by atoms with E-state index in [1.165, 1.54) is 10.1 Å². The van der Waals surface area contributed by atoms with Crippen LogP contribution in [0.2, 0.25) is 0 Å². The van der Waals surface area contributed by atoms with Crippen LogP contribution in [0, 0.1) is 0 Å². The van der Waals surface area contributed by atoms with Crippen LogP contribution < -0.4 is 5.73 Å². The van der Waals surface area contributed by atoms with E-state index >= 15 is 0 Å². The van der Waals surface area contributed by atoms with E-state index in [-0.39, 0.29) is 0 Å². The van der Waals surface area contributed by atoms with Gasteiger partial charge in [0.15, 0.2) is 0 Å². The molecule has 3 nitrogen and oxygen atoms in total. The second-order valence-electron chi connectivity index (χ2n) is 3.71. The monoisotopic (exact) mass is 241 g/mol. The zero-order valence-electron chi connectivity index (χ0n) is 9.13. The molecule has 2 heterocycles. The molecule has 2 aromatic heterocycles. The Morgan fingerprint density at radius 1 is 1.18 bits per heavy atom. The topological polar surface area (TPSA) is 51.8 Å². The van der Waals surface area contributed by atoms with E-state index in [1.54, 1.807) is 17.5 Å². The number of hydrogen-bond donors (Lipinski definition) is 1. The van der Waals surface area contributed by atoms with E-state index < -0.39 is 0 Å². The molecule has 0 fully saturated rings. The summed E-state index contributed by atoms with van der Waals surface area (Å²) in [7, 11) is 0. The first-order valence-electron chi connectivity index (χ1n) is 5.37. The average Bonchev–Trinajstić information content (AvgIpc) is 2.82. The highest BCUT2D eigenvalue weighted by Gasteiger charge is 2.07. The van der Waals surface area contributed by atoms with Gasteiger partial charge in [-0.15, -0.1) is 11.3 Å². The minimum Gasteiger partial charge on any atom is -0.324 e. The second kappa shape index (κ2) is 4.24. The zero-order valence-corrected chi connectivity index (χ0v) is 9.95. The van der Waals surface area contributed by atoms with Gasteiger partial charge in [0.25, 0.3) is 0 Å². The molecule has 17 heavy (non-hydrogen) atoms. The maximum Gasteiger partial charge on any atom is 0.142 e. The van der Waals surface area contributed by atoms with E-state index in [4.69, 9.17) is 5.73 Å². The summed E-state index contributed by atoms with van der Waals surface area (Å²) >= 11 is 1.73. The Morgan fingerprint density at radius 3 is 2.94 bits per heavy atom. The summed E-state index contributed by atoms with van der Waals surface area (Å²) in [5.41, 5.74) is 7.66. The standard InChI is InChI=1S/C13H11N3S/c14-7-13-15-6-5-11(16-13)10-8-17-12-4-2-1-3-9(10)12/h1-6,8H,7,14H2. The predicted molar refractivity (Wildman–Crippen MR) is 70.7 cm³/mol. The first kappa shape index (κ1) is 10.4. The molecule has 0 amide bonds. The van der Waals surface area contributed by atoms with Crippen LogP contribution in [0.25, 0.3) is 21.3 Å². The Balaban J connectivity index is 2.20. The molecule has 0 unspecified atom stereocenters. The van der Waals surface area contributed by atoms with Crippen LogP contribution in [-0.4, -0.2) is 9.97 Å². The van der Waals surface area contributed by atoms with Gasteiger partial charge in [-0.2, -0.15) is 0 Å². The SMILES string of the molecule is NCc1nccc(-c2csc3ccccc23)n1. The number of nitrogens with two attached hydrogens (primary N) is 1. The van der Waals surface area contributed by atoms with Gasteiger partial charge in [-0.3, -0.25) is 0 Å². The second-order valence-corrected chi connectivity index (χ2v) is 4.62. The fourth-order valence-corrected chi connectivity index (χ4v) is 2.78. The zero-order chi connectivity index (χ0) is 11.7. The third kappa shape index (κ3) is 1.81. The van der Waals surface area contributed by atoms with Crippen LogP contribution >= 0.6 is 11.3 Å².